The van der Waals surface area contributed by atoms with Gasteiger partial charge in [0.2, 0.25) is 5.95 Å². The van der Waals surface area contributed by atoms with Gasteiger partial charge in [-0.15, -0.1) is 4.83 Å². The van der Waals surface area contributed by atoms with E-state index in [1.165, 1.54) is 31.4 Å². The number of aromatic nitrogens is 2. The number of hydrogen-bond acceptors (Lipinski definition) is 7. The molecule has 2 aromatic rings. The third kappa shape index (κ3) is 4.24. The predicted octanol–water partition coefficient (Wildman–Crippen LogP) is 1.19. The molecule has 0 radical (unpaired) electrons. The number of esters is 1. The van der Waals surface area contributed by atoms with Gasteiger partial charge >= 0.3 is 5.97 Å². The summed E-state index contributed by atoms with van der Waals surface area (Å²) in [5, 5.41) is 0. The predicted molar refractivity (Wildman–Crippen MR) is 83.2 cm³/mol. The summed E-state index contributed by atoms with van der Waals surface area (Å²) in [5.74, 6) is -0.483. The normalized spacial score (nSPS) is 11.1. The molecule has 0 bridgehead atoms. The zero-order chi connectivity index (χ0) is 17.0. The van der Waals surface area contributed by atoms with Crippen LogP contribution >= 0.6 is 0 Å². The molecule has 0 aliphatic carbocycles. The first-order valence-corrected chi connectivity index (χ1v) is 8.08. The highest BCUT2D eigenvalue weighted by molar-refractivity contribution is 7.89. The molecule has 0 aliphatic rings. The summed E-state index contributed by atoms with van der Waals surface area (Å²) in [6.45, 7) is 3.54. The van der Waals surface area contributed by atoms with Crippen LogP contribution in [0, 0.1) is 13.8 Å². The Morgan fingerprint density at radius 3 is 2.39 bits per heavy atom. The van der Waals surface area contributed by atoms with E-state index in [0.29, 0.717) is 11.4 Å². The fraction of sp³-hybridized carbons (Fsp3) is 0.214. The van der Waals surface area contributed by atoms with Gasteiger partial charge in [0.05, 0.1) is 17.6 Å². The summed E-state index contributed by atoms with van der Waals surface area (Å²) < 4.78 is 29.1. The highest BCUT2D eigenvalue weighted by Crippen LogP contribution is 2.12. The quantitative estimate of drug-likeness (QED) is 0.623. The second-order valence-corrected chi connectivity index (χ2v) is 6.41. The van der Waals surface area contributed by atoms with E-state index >= 15 is 0 Å². The number of hydrogen-bond donors (Lipinski definition) is 2. The Kier molecular flexibility index (Phi) is 4.92. The standard InChI is InChI=1S/C14H16N4O4S/c1-9-7-10(2)16-14(15-9)17-18-23(20,21)12-6-4-5-11(8-12)13(19)22-3/h4-8,18H,1-3H3,(H,15,16,17). The number of benzene rings is 1. The smallest absolute Gasteiger partial charge is 0.337 e. The van der Waals surface area contributed by atoms with Crippen LogP contribution in [0.4, 0.5) is 5.95 Å². The lowest BCUT2D eigenvalue weighted by molar-refractivity contribution is 0.0600. The van der Waals surface area contributed by atoms with Crippen LogP contribution in [0.3, 0.4) is 0 Å². The molecular weight excluding hydrogens is 320 g/mol. The number of carbonyl (C=O) groups is 1. The number of anilines is 1. The SMILES string of the molecule is COC(=O)c1cccc(S(=O)(=O)NNc2nc(C)cc(C)n2)c1. The maximum absolute atomic E-state index is 12.3. The molecule has 0 saturated carbocycles. The largest absolute Gasteiger partial charge is 0.465 e. The van der Waals surface area contributed by atoms with E-state index in [0.717, 1.165) is 0 Å². The van der Waals surface area contributed by atoms with E-state index in [2.05, 4.69) is 25.0 Å². The molecule has 1 aromatic heterocycles. The minimum atomic E-state index is -3.90. The monoisotopic (exact) mass is 336 g/mol. The van der Waals surface area contributed by atoms with Gasteiger partial charge in [-0.2, -0.15) is 0 Å². The van der Waals surface area contributed by atoms with Crippen LogP contribution in [0.25, 0.3) is 0 Å². The van der Waals surface area contributed by atoms with Crippen molar-refractivity contribution in [1.29, 1.82) is 0 Å². The Bertz CT molecular complexity index is 816. The molecule has 23 heavy (non-hydrogen) atoms. The van der Waals surface area contributed by atoms with Crippen LogP contribution in [0.15, 0.2) is 35.2 Å². The van der Waals surface area contributed by atoms with Crippen LogP contribution in [0.1, 0.15) is 21.7 Å². The van der Waals surface area contributed by atoms with Crippen LogP contribution in [-0.4, -0.2) is 31.5 Å². The number of rotatable bonds is 5. The van der Waals surface area contributed by atoms with Crippen molar-refractivity contribution in [3.05, 3.63) is 47.3 Å². The number of hydrazine groups is 1. The Balaban J connectivity index is 2.20. The first kappa shape index (κ1) is 16.8. The number of sulfonamides is 1. The van der Waals surface area contributed by atoms with Gasteiger partial charge in [-0.1, -0.05) is 6.07 Å². The van der Waals surface area contributed by atoms with Gasteiger partial charge in [0.1, 0.15) is 0 Å². The summed E-state index contributed by atoms with van der Waals surface area (Å²) in [5.41, 5.74) is 3.99. The summed E-state index contributed by atoms with van der Waals surface area (Å²) in [4.78, 5) is 21.7. The van der Waals surface area contributed by atoms with E-state index in [-0.39, 0.29) is 16.4 Å². The van der Waals surface area contributed by atoms with Crippen LogP contribution in [0.2, 0.25) is 0 Å². The maximum atomic E-state index is 12.3. The summed E-state index contributed by atoms with van der Waals surface area (Å²) in [6.07, 6.45) is 0. The van der Waals surface area contributed by atoms with E-state index in [9.17, 15) is 13.2 Å². The molecule has 0 aliphatic heterocycles. The molecule has 122 valence electrons. The fourth-order valence-electron chi connectivity index (χ4n) is 1.86. The lowest BCUT2D eigenvalue weighted by Crippen LogP contribution is -2.30. The van der Waals surface area contributed by atoms with Gasteiger partial charge in [-0.25, -0.2) is 23.2 Å². The minimum absolute atomic E-state index is 0.0859. The van der Waals surface area contributed by atoms with Gasteiger partial charge in [0, 0.05) is 11.4 Å². The second-order valence-electron chi connectivity index (χ2n) is 4.72. The summed E-state index contributed by atoms with van der Waals surface area (Å²) in [6, 6.07) is 7.26. The molecule has 9 heteroatoms. The van der Waals surface area contributed by atoms with Crippen molar-refractivity contribution < 1.29 is 17.9 Å². The van der Waals surface area contributed by atoms with Crippen molar-refractivity contribution in [1.82, 2.24) is 14.8 Å². The Morgan fingerprint density at radius 1 is 1.13 bits per heavy atom. The van der Waals surface area contributed by atoms with Crippen molar-refractivity contribution in [2.45, 2.75) is 18.7 Å². The Labute approximate surface area is 133 Å². The highest BCUT2D eigenvalue weighted by atomic mass is 32.2. The van der Waals surface area contributed by atoms with E-state index in [1.54, 1.807) is 19.9 Å². The van der Waals surface area contributed by atoms with Gasteiger partial charge in [0.25, 0.3) is 10.0 Å². The van der Waals surface area contributed by atoms with Crippen molar-refractivity contribution in [2.75, 3.05) is 12.5 Å². The molecular formula is C14H16N4O4S. The highest BCUT2D eigenvalue weighted by Gasteiger charge is 2.17. The van der Waals surface area contributed by atoms with Crippen molar-refractivity contribution in [3.63, 3.8) is 0 Å². The molecule has 2 N–H and O–H groups in total. The molecule has 8 nitrogen and oxygen atoms in total. The van der Waals surface area contributed by atoms with Gasteiger partial charge < -0.3 is 4.74 Å². The molecule has 0 saturated heterocycles. The second kappa shape index (κ2) is 6.71. The maximum Gasteiger partial charge on any atom is 0.337 e. The third-order valence-electron chi connectivity index (χ3n) is 2.84. The number of nitrogens with zero attached hydrogens (tertiary/aromatic N) is 2. The van der Waals surface area contributed by atoms with E-state index in [4.69, 9.17) is 0 Å². The number of nitrogens with one attached hydrogen (secondary N) is 2. The number of carbonyl (C=O) groups excluding carboxylic acids is 1. The molecule has 0 amide bonds. The van der Waals surface area contributed by atoms with Crippen LogP contribution < -0.4 is 10.3 Å². The molecule has 1 aromatic carbocycles. The van der Waals surface area contributed by atoms with E-state index in [1.807, 2.05) is 0 Å². The lowest BCUT2D eigenvalue weighted by atomic mass is 10.2. The zero-order valence-corrected chi connectivity index (χ0v) is 13.6. The van der Waals surface area contributed by atoms with Crippen LogP contribution in [-0.2, 0) is 14.8 Å². The first-order chi connectivity index (χ1) is 10.8. The fourth-order valence-corrected chi connectivity index (χ4v) is 2.75. The molecule has 0 atom stereocenters. The minimum Gasteiger partial charge on any atom is -0.465 e. The summed E-state index contributed by atoms with van der Waals surface area (Å²) >= 11 is 0. The van der Waals surface area contributed by atoms with E-state index < -0.39 is 16.0 Å². The molecule has 1 heterocycles. The van der Waals surface area contributed by atoms with Crippen molar-refractivity contribution in [3.8, 4) is 0 Å². The van der Waals surface area contributed by atoms with Gasteiger partial charge in [-0.3, -0.25) is 5.43 Å². The number of ether oxygens (including phenoxy) is 1. The molecule has 0 spiro atoms. The van der Waals surface area contributed by atoms with Crippen molar-refractivity contribution in [2.24, 2.45) is 0 Å². The van der Waals surface area contributed by atoms with Gasteiger partial charge in [0.15, 0.2) is 0 Å². The molecule has 2 rings (SSSR count). The Morgan fingerprint density at radius 2 is 1.78 bits per heavy atom. The molecule has 0 fully saturated rings. The van der Waals surface area contributed by atoms with Crippen LogP contribution in [0.5, 0.6) is 0 Å². The average Bonchev–Trinajstić information content (AvgIpc) is 2.51. The first-order valence-electron chi connectivity index (χ1n) is 6.60. The summed E-state index contributed by atoms with van der Waals surface area (Å²) in [7, 11) is -2.67. The number of aryl methyl sites for hydroxylation is 2. The van der Waals surface area contributed by atoms with Crippen molar-refractivity contribution >= 4 is 21.9 Å². The average molecular weight is 336 g/mol. The lowest BCUT2D eigenvalue weighted by Gasteiger charge is -2.10. The topological polar surface area (TPSA) is 110 Å². The number of methoxy groups -OCH3 is 1. The Hall–Kier alpha value is -2.52. The third-order valence-corrected chi connectivity index (χ3v) is 4.09. The zero-order valence-electron chi connectivity index (χ0n) is 12.8. The van der Waals surface area contributed by atoms with Gasteiger partial charge in [-0.05, 0) is 38.1 Å². The molecule has 0 unspecified atom stereocenters.